The van der Waals surface area contributed by atoms with Gasteiger partial charge in [0.1, 0.15) is 18.5 Å². The highest BCUT2D eigenvalue weighted by Crippen LogP contribution is 2.29. The van der Waals surface area contributed by atoms with Crippen LogP contribution in [0.25, 0.3) is 0 Å². The number of ether oxygens (including phenoxy) is 1. The van der Waals surface area contributed by atoms with Gasteiger partial charge in [-0.3, -0.25) is 4.79 Å². The van der Waals surface area contributed by atoms with E-state index in [2.05, 4.69) is 26.2 Å². The van der Waals surface area contributed by atoms with Gasteiger partial charge in [-0.1, -0.05) is 39.3 Å². The summed E-state index contributed by atoms with van der Waals surface area (Å²) in [6, 6.07) is 4.10. The van der Waals surface area contributed by atoms with Crippen molar-refractivity contribution in [1.82, 2.24) is 0 Å². The smallest absolute Gasteiger partial charge is 0.173 e. The maximum atomic E-state index is 13.0. The molecule has 2 rings (SSSR count). The van der Waals surface area contributed by atoms with Gasteiger partial charge < -0.3 is 14.9 Å². The number of rotatable bonds is 12. The molecule has 1 aromatic carbocycles. The molecule has 0 aliphatic heterocycles. The second-order valence-corrected chi connectivity index (χ2v) is 9.43. The number of aryl methyl sites for hydroxylation is 3. The molecular weight excluding hydrogens is 396 g/mol. The lowest BCUT2D eigenvalue weighted by molar-refractivity contribution is 0.0531. The van der Waals surface area contributed by atoms with E-state index in [-0.39, 0.29) is 19.0 Å². The summed E-state index contributed by atoms with van der Waals surface area (Å²) < 4.78 is 5.67. The van der Waals surface area contributed by atoms with Crippen molar-refractivity contribution < 1.29 is 19.7 Å². The number of aliphatic hydroxyl groups is 2. The summed E-state index contributed by atoms with van der Waals surface area (Å²) in [5, 5.41) is 20.6. The monoisotopic (exact) mass is 432 g/mol. The van der Waals surface area contributed by atoms with Crippen LogP contribution >= 0.6 is 11.3 Å². The van der Waals surface area contributed by atoms with Crippen LogP contribution in [-0.4, -0.2) is 35.3 Å². The summed E-state index contributed by atoms with van der Waals surface area (Å²) in [6.07, 6.45) is 3.36. The number of carbonyl (C=O) groups excluding carboxylic acids is 1. The molecule has 1 aromatic heterocycles. The first-order chi connectivity index (χ1) is 14.3. The van der Waals surface area contributed by atoms with Crippen molar-refractivity contribution in [3.05, 3.63) is 50.2 Å². The van der Waals surface area contributed by atoms with Crippen LogP contribution in [0.5, 0.6) is 5.75 Å². The highest BCUT2D eigenvalue weighted by atomic mass is 32.1. The van der Waals surface area contributed by atoms with Crippen molar-refractivity contribution in [1.29, 1.82) is 0 Å². The molecule has 0 saturated heterocycles. The molecule has 0 spiro atoms. The molecule has 1 atom stereocenters. The molecular formula is C25H36O4S. The minimum atomic E-state index is -0.884. The highest BCUT2D eigenvalue weighted by Gasteiger charge is 2.18. The van der Waals surface area contributed by atoms with Gasteiger partial charge in [-0.05, 0) is 72.2 Å². The van der Waals surface area contributed by atoms with Gasteiger partial charge in [0.05, 0.1) is 11.5 Å². The summed E-state index contributed by atoms with van der Waals surface area (Å²) in [7, 11) is 0. The van der Waals surface area contributed by atoms with Crippen LogP contribution in [0.2, 0.25) is 0 Å². The standard InChI is InChI=1S/C25H36O4S/c1-6-7-22-20(10-16(2)3)15-30-25(22)23(28)9-8-19-11-17(4)24(18(5)12-19)29-14-21(27)13-26/h11-12,15-16,21,26-27H,6-10,13-14H2,1-5H3/t21-/m0/s1. The lowest BCUT2D eigenvalue weighted by atomic mass is 9.95. The Morgan fingerprint density at radius 3 is 2.40 bits per heavy atom. The quantitative estimate of drug-likeness (QED) is 0.460. The van der Waals surface area contributed by atoms with Gasteiger partial charge in [0.15, 0.2) is 5.78 Å². The van der Waals surface area contributed by atoms with Gasteiger partial charge in [-0.25, -0.2) is 0 Å². The van der Waals surface area contributed by atoms with E-state index in [0.717, 1.165) is 46.6 Å². The van der Waals surface area contributed by atoms with Crippen molar-refractivity contribution in [3.63, 3.8) is 0 Å². The molecule has 4 nitrogen and oxygen atoms in total. The van der Waals surface area contributed by atoms with E-state index in [0.29, 0.717) is 18.8 Å². The fraction of sp³-hybridized carbons (Fsp3) is 0.560. The lowest BCUT2D eigenvalue weighted by Gasteiger charge is -2.16. The Hall–Kier alpha value is -1.69. The number of hydrogen-bond acceptors (Lipinski definition) is 5. The van der Waals surface area contributed by atoms with Crippen LogP contribution in [0.3, 0.4) is 0 Å². The molecule has 0 saturated carbocycles. The third-order valence-electron chi connectivity index (χ3n) is 5.15. The van der Waals surface area contributed by atoms with E-state index in [9.17, 15) is 9.90 Å². The van der Waals surface area contributed by atoms with Crippen LogP contribution in [0, 0.1) is 19.8 Å². The van der Waals surface area contributed by atoms with E-state index in [1.165, 1.54) is 11.1 Å². The fourth-order valence-corrected chi connectivity index (χ4v) is 4.91. The van der Waals surface area contributed by atoms with Crippen LogP contribution in [-0.2, 0) is 19.3 Å². The second-order valence-electron chi connectivity index (χ2n) is 8.55. The van der Waals surface area contributed by atoms with Crippen molar-refractivity contribution >= 4 is 17.1 Å². The van der Waals surface area contributed by atoms with Crippen molar-refractivity contribution in [2.24, 2.45) is 5.92 Å². The number of benzene rings is 1. The van der Waals surface area contributed by atoms with E-state index in [1.807, 2.05) is 26.0 Å². The molecule has 2 N–H and O–H groups in total. The summed E-state index contributed by atoms with van der Waals surface area (Å²) in [4.78, 5) is 13.9. The largest absolute Gasteiger partial charge is 0.490 e. The Bertz CT molecular complexity index is 815. The van der Waals surface area contributed by atoms with E-state index in [1.54, 1.807) is 11.3 Å². The maximum absolute atomic E-state index is 13.0. The van der Waals surface area contributed by atoms with Crippen LogP contribution in [0.1, 0.15) is 71.1 Å². The number of carbonyl (C=O) groups is 1. The Balaban J connectivity index is 2.08. The third-order valence-corrected chi connectivity index (χ3v) is 6.27. The lowest BCUT2D eigenvalue weighted by Crippen LogP contribution is -2.21. The average Bonchev–Trinajstić information content (AvgIpc) is 3.07. The normalized spacial score (nSPS) is 12.4. The maximum Gasteiger partial charge on any atom is 0.173 e. The number of hydrogen-bond donors (Lipinski definition) is 2. The topological polar surface area (TPSA) is 66.8 Å². The molecule has 0 unspecified atom stereocenters. The molecule has 30 heavy (non-hydrogen) atoms. The molecule has 5 heteroatoms. The van der Waals surface area contributed by atoms with Crippen molar-refractivity contribution in [2.45, 2.75) is 72.8 Å². The van der Waals surface area contributed by atoms with Gasteiger partial charge in [-0.2, -0.15) is 0 Å². The zero-order valence-corrected chi connectivity index (χ0v) is 19.8. The van der Waals surface area contributed by atoms with E-state index < -0.39 is 6.10 Å². The zero-order valence-electron chi connectivity index (χ0n) is 19.0. The van der Waals surface area contributed by atoms with E-state index in [4.69, 9.17) is 9.84 Å². The van der Waals surface area contributed by atoms with E-state index >= 15 is 0 Å². The van der Waals surface area contributed by atoms with Crippen LogP contribution in [0.4, 0.5) is 0 Å². The Morgan fingerprint density at radius 1 is 1.17 bits per heavy atom. The highest BCUT2D eigenvalue weighted by molar-refractivity contribution is 7.12. The molecule has 166 valence electrons. The third kappa shape index (κ3) is 6.66. The molecule has 2 aromatic rings. The first kappa shape index (κ1) is 24.6. The SMILES string of the molecule is CCCc1c(CC(C)C)csc1C(=O)CCc1cc(C)c(OC[C@@H](O)CO)c(C)c1. The minimum Gasteiger partial charge on any atom is -0.490 e. The fourth-order valence-electron chi connectivity index (χ4n) is 3.80. The molecule has 0 amide bonds. The number of Topliss-reactive ketones (excluding diaryl/α,β-unsaturated/α-hetero) is 1. The van der Waals surface area contributed by atoms with Crippen LogP contribution in [0.15, 0.2) is 17.5 Å². The molecule has 0 radical (unpaired) electrons. The van der Waals surface area contributed by atoms with Crippen molar-refractivity contribution in [3.8, 4) is 5.75 Å². The molecule has 1 heterocycles. The minimum absolute atomic E-state index is 0.0628. The predicted molar refractivity (Wildman–Crippen MR) is 124 cm³/mol. The van der Waals surface area contributed by atoms with Gasteiger partial charge in [0.2, 0.25) is 0 Å². The van der Waals surface area contributed by atoms with Gasteiger partial charge >= 0.3 is 0 Å². The molecule has 0 fully saturated rings. The van der Waals surface area contributed by atoms with Gasteiger partial charge in [-0.15, -0.1) is 11.3 Å². The Morgan fingerprint density at radius 2 is 1.83 bits per heavy atom. The van der Waals surface area contributed by atoms with Gasteiger partial charge in [0, 0.05) is 6.42 Å². The molecule has 0 aliphatic rings. The summed E-state index contributed by atoms with van der Waals surface area (Å²) >= 11 is 1.61. The summed E-state index contributed by atoms with van der Waals surface area (Å²) in [6.45, 7) is 10.3. The Labute approximate surface area is 184 Å². The summed E-state index contributed by atoms with van der Waals surface area (Å²) in [5.41, 5.74) is 5.68. The average molecular weight is 433 g/mol. The van der Waals surface area contributed by atoms with Crippen molar-refractivity contribution in [2.75, 3.05) is 13.2 Å². The zero-order chi connectivity index (χ0) is 22.3. The van der Waals surface area contributed by atoms with Crippen LogP contribution < -0.4 is 4.74 Å². The first-order valence-electron chi connectivity index (χ1n) is 10.9. The number of ketones is 1. The predicted octanol–water partition coefficient (Wildman–Crippen LogP) is 5.06. The molecule has 0 aliphatic carbocycles. The van der Waals surface area contributed by atoms with Gasteiger partial charge in [0.25, 0.3) is 0 Å². The first-order valence-corrected chi connectivity index (χ1v) is 11.8. The number of aliphatic hydroxyl groups excluding tert-OH is 2. The second kappa shape index (κ2) is 11.6. The summed E-state index contributed by atoms with van der Waals surface area (Å²) in [5.74, 6) is 1.56. The Kier molecular flexibility index (Phi) is 9.53. The molecule has 0 bridgehead atoms. The number of thiophene rings is 1.